The fraction of sp³-hybridized carbons (Fsp3) is 0.619. The van der Waals surface area contributed by atoms with E-state index in [1.165, 1.54) is 44.9 Å². The molecule has 26 heavy (non-hydrogen) atoms. The first-order chi connectivity index (χ1) is 12.7. The third-order valence-corrected chi connectivity index (χ3v) is 4.34. The van der Waals surface area contributed by atoms with Crippen molar-refractivity contribution in [3.8, 4) is 11.5 Å². The van der Waals surface area contributed by atoms with E-state index < -0.39 is 0 Å². The summed E-state index contributed by atoms with van der Waals surface area (Å²) in [4.78, 5) is 11.8. The van der Waals surface area contributed by atoms with Gasteiger partial charge < -0.3 is 9.47 Å². The highest BCUT2D eigenvalue weighted by atomic mass is 16.5. The van der Waals surface area contributed by atoms with Crippen LogP contribution in [-0.2, 0) is 4.79 Å². The van der Waals surface area contributed by atoms with Crippen molar-refractivity contribution in [2.24, 2.45) is 5.10 Å². The Bertz CT molecular complexity index is 544. The molecule has 146 valence electrons. The number of carbonyl (C=O) groups is 1. The van der Waals surface area contributed by atoms with Gasteiger partial charge >= 0.3 is 0 Å². The molecular weight excluding hydrogens is 328 g/mol. The molecule has 0 aliphatic carbocycles. The molecule has 1 N–H and O–H groups in total. The largest absolute Gasteiger partial charge is 0.497 e. The van der Waals surface area contributed by atoms with Crippen LogP contribution in [0.15, 0.2) is 23.3 Å². The Morgan fingerprint density at radius 2 is 1.65 bits per heavy atom. The van der Waals surface area contributed by atoms with Crippen molar-refractivity contribution in [1.29, 1.82) is 0 Å². The SMILES string of the molecule is CCCCCCCCCCCC(=O)N/N=C/c1ccc(OC)cc1OC. The van der Waals surface area contributed by atoms with Crippen LogP contribution in [0, 0.1) is 0 Å². The van der Waals surface area contributed by atoms with Gasteiger partial charge in [0.25, 0.3) is 0 Å². The number of hydrazone groups is 1. The standard InChI is InChI=1S/C21H34N2O3/c1-4-5-6-7-8-9-10-11-12-13-21(24)23-22-17-18-14-15-19(25-2)16-20(18)26-3/h14-17H,4-13H2,1-3H3,(H,23,24)/b22-17+. The summed E-state index contributed by atoms with van der Waals surface area (Å²) in [6.45, 7) is 2.24. The van der Waals surface area contributed by atoms with Crippen LogP contribution in [0.1, 0.15) is 76.7 Å². The first kappa shape index (κ1) is 22.0. The number of methoxy groups -OCH3 is 2. The average molecular weight is 363 g/mol. The van der Waals surface area contributed by atoms with E-state index in [2.05, 4.69) is 17.5 Å². The third-order valence-electron chi connectivity index (χ3n) is 4.34. The summed E-state index contributed by atoms with van der Waals surface area (Å²) < 4.78 is 10.5. The summed E-state index contributed by atoms with van der Waals surface area (Å²) in [5, 5.41) is 4.02. The number of benzene rings is 1. The van der Waals surface area contributed by atoms with Crippen LogP contribution in [0.4, 0.5) is 0 Å². The van der Waals surface area contributed by atoms with E-state index in [-0.39, 0.29) is 5.91 Å². The van der Waals surface area contributed by atoms with Gasteiger partial charge in [0.15, 0.2) is 0 Å². The molecule has 5 heteroatoms. The molecule has 1 aromatic rings. The molecule has 0 saturated carbocycles. The molecule has 5 nitrogen and oxygen atoms in total. The monoisotopic (exact) mass is 362 g/mol. The van der Waals surface area contributed by atoms with Crippen LogP contribution in [-0.4, -0.2) is 26.3 Å². The van der Waals surface area contributed by atoms with Crippen molar-refractivity contribution >= 4 is 12.1 Å². The molecule has 0 saturated heterocycles. The minimum atomic E-state index is -0.0447. The number of carbonyl (C=O) groups excluding carboxylic acids is 1. The highest BCUT2D eigenvalue weighted by Gasteiger charge is 2.03. The van der Waals surface area contributed by atoms with Crippen molar-refractivity contribution < 1.29 is 14.3 Å². The number of ether oxygens (including phenoxy) is 2. The van der Waals surface area contributed by atoms with Crippen molar-refractivity contribution in [2.45, 2.75) is 71.1 Å². The Morgan fingerprint density at radius 3 is 2.27 bits per heavy atom. The topological polar surface area (TPSA) is 59.9 Å². The van der Waals surface area contributed by atoms with Crippen LogP contribution in [0.3, 0.4) is 0 Å². The summed E-state index contributed by atoms with van der Waals surface area (Å²) >= 11 is 0. The number of hydrogen-bond acceptors (Lipinski definition) is 4. The Hall–Kier alpha value is -2.04. The maximum Gasteiger partial charge on any atom is 0.240 e. The van der Waals surface area contributed by atoms with Crippen LogP contribution in [0.2, 0.25) is 0 Å². The number of nitrogens with one attached hydrogen (secondary N) is 1. The molecule has 0 aliphatic heterocycles. The molecule has 0 radical (unpaired) electrons. The summed E-state index contributed by atoms with van der Waals surface area (Å²) in [5.74, 6) is 1.33. The van der Waals surface area contributed by atoms with Gasteiger partial charge in [0.2, 0.25) is 5.91 Å². The predicted octanol–water partition coefficient (Wildman–Crippen LogP) is 5.07. The first-order valence-corrected chi connectivity index (χ1v) is 9.75. The van der Waals surface area contributed by atoms with Crippen LogP contribution in [0.25, 0.3) is 0 Å². The van der Waals surface area contributed by atoms with Crippen molar-refractivity contribution in [3.05, 3.63) is 23.8 Å². The van der Waals surface area contributed by atoms with E-state index in [9.17, 15) is 4.79 Å². The zero-order valence-electron chi connectivity index (χ0n) is 16.6. The van der Waals surface area contributed by atoms with Crippen LogP contribution >= 0.6 is 0 Å². The zero-order chi connectivity index (χ0) is 19.0. The average Bonchev–Trinajstić information content (AvgIpc) is 2.66. The van der Waals surface area contributed by atoms with E-state index in [0.29, 0.717) is 17.9 Å². The molecule has 0 unspecified atom stereocenters. The van der Waals surface area contributed by atoms with Gasteiger partial charge in [0.1, 0.15) is 11.5 Å². The van der Waals surface area contributed by atoms with E-state index in [4.69, 9.17) is 9.47 Å². The lowest BCUT2D eigenvalue weighted by molar-refractivity contribution is -0.121. The van der Waals surface area contributed by atoms with E-state index in [1.54, 1.807) is 26.5 Å². The lowest BCUT2D eigenvalue weighted by atomic mass is 10.1. The Morgan fingerprint density at radius 1 is 1.00 bits per heavy atom. The van der Waals surface area contributed by atoms with Gasteiger partial charge in [0.05, 0.1) is 20.4 Å². The van der Waals surface area contributed by atoms with E-state index >= 15 is 0 Å². The van der Waals surface area contributed by atoms with Gasteiger partial charge in [-0.05, 0) is 18.6 Å². The van der Waals surface area contributed by atoms with Crippen molar-refractivity contribution in [2.75, 3.05) is 14.2 Å². The molecule has 1 aromatic carbocycles. The second kappa shape index (κ2) is 14.2. The highest BCUT2D eigenvalue weighted by Crippen LogP contribution is 2.23. The molecule has 0 bridgehead atoms. The van der Waals surface area contributed by atoms with E-state index in [0.717, 1.165) is 18.4 Å². The molecule has 1 rings (SSSR count). The van der Waals surface area contributed by atoms with Crippen LogP contribution < -0.4 is 14.9 Å². The fourth-order valence-corrected chi connectivity index (χ4v) is 2.75. The predicted molar refractivity (Wildman–Crippen MR) is 107 cm³/mol. The highest BCUT2D eigenvalue weighted by molar-refractivity contribution is 5.85. The Kier molecular flexibility index (Phi) is 12.0. The minimum Gasteiger partial charge on any atom is -0.497 e. The first-order valence-electron chi connectivity index (χ1n) is 9.75. The number of hydrogen-bond donors (Lipinski definition) is 1. The van der Waals surface area contributed by atoms with Gasteiger partial charge in [-0.2, -0.15) is 5.10 Å². The Balaban J connectivity index is 2.17. The number of nitrogens with zero attached hydrogens (tertiary/aromatic N) is 1. The lowest BCUT2D eigenvalue weighted by Crippen LogP contribution is -2.17. The smallest absolute Gasteiger partial charge is 0.240 e. The second-order valence-corrected chi connectivity index (χ2v) is 6.48. The quantitative estimate of drug-likeness (QED) is 0.285. The molecule has 0 heterocycles. The summed E-state index contributed by atoms with van der Waals surface area (Å²) in [5.41, 5.74) is 3.37. The molecule has 0 aliphatic rings. The second-order valence-electron chi connectivity index (χ2n) is 6.48. The van der Waals surface area contributed by atoms with Gasteiger partial charge in [-0.1, -0.05) is 58.3 Å². The summed E-state index contributed by atoms with van der Waals surface area (Å²) in [7, 11) is 3.20. The number of rotatable bonds is 14. The van der Waals surface area contributed by atoms with Gasteiger partial charge in [-0.3, -0.25) is 4.79 Å². The normalized spacial score (nSPS) is 10.9. The van der Waals surface area contributed by atoms with Crippen molar-refractivity contribution in [1.82, 2.24) is 5.43 Å². The summed E-state index contributed by atoms with van der Waals surface area (Å²) in [6.07, 6.45) is 13.3. The number of unbranched alkanes of at least 4 members (excludes halogenated alkanes) is 8. The molecule has 0 atom stereocenters. The number of amides is 1. The van der Waals surface area contributed by atoms with E-state index in [1.807, 2.05) is 12.1 Å². The minimum absolute atomic E-state index is 0.0447. The molecule has 1 amide bonds. The summed E-state index contributed by atoms with van der Waals surface area (Å²) in [6, 6.07) is 5.45. The molecular formula is C21H34N2O3. The van der Waals surface area contributed by atoms with Gasteiger partial charge in [0, 0.05) is 18.1 Å². The van der Waals surface area contributed by atoms with Gasteiger partial charge in [-0.15, -0.1) is 0 Å². The molecule has 0 fully saturated rings. The van der Waals surface area contributed by atoms with Crippen molar-refractivity contribution in [3.63, 3.8) is 0 Å². The molecule has 0 spiro atoms. The van der Waals surface area contributed by atoms with Gasteiger partial charge in [-0.25, -0.2) is 5.43 Å². The maximum atomic E-state index is 11.8. The maximum absolute atomic E-state index is 11.8. The lowest BCUT2D eigenvalue weighted by Gasteiger charge is -2.07. The zero-order valence-corrected chi connectivity index (χ0v) is 16.6. The Labute approximate surface area is 158 Å². The van der Waals surface area contributed by atoms with Crippen LogP contribution in [0.5, 0.6) is 11.5 Å². The molecule has 0 aromatic heterocycles. The third kappa shape index (κ3) is 9.44. The fourth-order valence-electron chi connectivity index (χ4n) is 2.75.